The van der Waals surface area contributed by atoms with Crippen molar-refractivity contribution in [2.45, 2.75) is 26.4 Å². The number of hydrogen-bond donors (Lipinski definition) is 1. The van der Waals surface area contributed by atoms with Crippen LogP contribution >= 0.6 is 11.3 Å². The van der Waals surface area contributed by atoms with Crippen LogP contribution < -0.4 is 19.7 Å². The lowest BCUT2D eigenvalue weighted by Gasteiger charge is -2.37. The standard InChI is InChI=1S/C26H25N3O3S/c1-3-31-20-10-11-21-24(14-20)33-26(27-21)28-25(30)19-9-12-23-22(13-19)29(17(2)16-32-23)15-18-7-5-4-6-8-18/h4-14,17H,3,15-16H2,1-2H3,(H,27,28,30). The molecule has 5 rings (SSSR count). The van der Waals surface area contributed by atoms with E-state index in [9.17, 15) is 4.79 Å². The molecule has 0 fully saturated rings. The Kier molecular flexibility index (Phi) is 5.88. The summed E-state index contributed by atoms with van der Waals surface area (Å²) in [6, 6.07) is 21.9. The molecule has 2 heterocycles. The summed E-state index contributed by atoms with van der Waals surface area (Å²) in [6.07, 6.45) is 0. The summed E-state index contributed by atoms with van der Waals surface area (Å²) in [5, 5.41) is 3.51. The first-order valence-electron chi connectivity index (χ1n) is 11.0. The van der Waals surface area contributed by atoms with Crippen molar-refractivity contribution in [1.82, 2.24) is 4.98 Å². The van der Waals surface area contributed by atoms with Gasteiger partial charge < -0.3 is 14.4 Å². The first-order valence-corrected chi connectivity index (χ1v) is 11.8. The monoisotopic (exact) mass is 459 g/mol. The first-order chi connectivity index (χ1) is 16.1. The highest BCUT2D eigenvalue weighted by atomic mass is 32.1. The number of thiazole rings is 1. The van der Waals surface area contributed by atoms with Gasteiger partial charge in [0.2, 0.25) is 0 Å². The van der Waals surface area contributed by atoms with E-state index in [2.05, 4.69) is 34.3 Å². The van der Waals surface area contributed by atoms with E-state index in [0.29, 0.717) is 23.9 Å². The highest BCUT2D eigenvalue weighted by Crippen LogP contribution is 2.36. The minimum atomic E-state index is -0.195. The molecule has 33 heavy (non-hydrogen) atoms. The largest absolute Gasteiger partial charge is 0.494 e. The number of nitrogens with one attached hydrogen (secondary N) is 1. The molecule has 7 heteroatoms. The average Bonchev–Trinajstić information content (AvgIpc) is 3.23. The molecule has 1 aromatic heterocycles. The van der Waals surface area contributed by atoms with Crippen molar-refractivity contribution in [3.8, 4) is 11.5 Å². The van der Waals surface area contributed by atoms with Gasteiger partial charge in [-0.05, 0) is 55.8 Å². The fourth-order valence-electron chi connectivity index (χ4n) is 3.95. The third kappa shape index (κ3) is 4.50. The minimum Gasteiger partial charge on any atom is -0.494 e. The number of amides is 1. The predicted molar refractivity (Wildman–Crippen MR) is 133 cm³/mol. The number of carbonyl (C=O) groups is 1. The van der Waals surface area contributed by atoms with Gasteiger partial charge in [-0.1, -0.05) is 41.7 Å². The van der Waals surface area contributed by atoms with E-state index < -0.39 is 0 Å². The zero-order valence-electron chi connectivity index (χ0n) is 18.6. The molecule has 3 aromatic carbocycles. The first kappa shape index (κ1) is 21.3. The van der Waals surface area contributed by atoms with Gasteiger partial charge in [-0.15, -0.1) is 0 Å². The van der Waals surface area contributed by atoms with E-state index >= 15 is 0 Å². The summed E-state index contributed by atoms with van der Waals surface area (Å²) in [5.41, 5.74) is 3.54. The van der Waals surface area contributed by atoms with Gasteiger partial charge >= 0.3 is 0 Å². The normalized spacial score (nSPS) is 15.1. The molecular weight excluding hydrogens is 434 g/mol. The molecule has 1 amide bonds. The zero-order chi connectivity index (χ0) is 22.8. The second-order valence-corrected chi connectivity index (χ2v) is 9.02. The average molecular weight is 460 g/mol. The summed E-state index contributed by atoms with van der Waals surface area (Å²) < 4.78 is 12.5. The van der Waals surface area contributed by atoms with Gasteiger partial charge in [-0.2, -0.15) is 0 Å². The smallest absolute Gasteiger partial charge is 0.257 e. The van der Waals surface area contributed by atoms with Crippen LogP contribution in [-0.4, -0.2) is 30.1 Å². The number of fused-ring (bicyclic) bond motifs is 2. The third-order valence-electron chi connectivity index (χ3n) is 5.63. The Balaban J connectivity index is 1.38. The Morgan fingerprint density at radius 3 is 2.85 bits per heavy atom. The van der Waals surface area contributed by atoms with E-state index in [1.165, 1.54) is 16.9 Å². The maximum Gasteiger partial charge on any atom is 0.257 e. The lowest BCUT2D eigenvalue weighted by Crippen LogP contribution is -2.40. The lowest BCUT2D eigenvalue weighted by atomic mass is 10.1. The fraction of sp³-hybridized carbons (Fsp3) is 0.231. The van der Waals surface area contributed by atoms with Crippen LogP contribution in [0.15, 0.2) is 66.7 Å². The number of hydrogen-bond acceptors (Lipinski definition) is 6. The predicted octanol–water partition coefficient (Wildman–Crippen LogP) is 5.73. The van der Waals surface area contributed by atoms with Crippen molar-refractivity contribution < 1.29 is 14.3 Å². The van der Waals surface area contributed by atoms with E-state index in [-0.39, 0.29) is 11.9 Å². The number of anilines is 2. The molecule has 4 aromatic rings. The summed E-state index contributed by atoms with van der Waals surface area (Å²) in [4.78, 5) is 19.9. The van der Waals surface area contributed by atoms with Crippen molar-refractivity contribution in [3.05, 3.63) is 77.9 Å². The Morgan fingerprint density at radius 2 is 2.03 bits per heavy atom. The third-order valence-corrected chi connectivity index (χ3v) is 6.56. The fourth-order valence-corrected chi connectivity index (χ4v) is 4.84. The number of aromatic nitrogens is 1. The van der Waals surface area contributed by atoms with Crippen LogP contribution in [0.3, 0.4) is 0 Å². The van der Waals surface area contributed by atoms with Gasteiger partial charge in [-0.3, -0.25) is 10.1 Å². The Morgan fingerprint density at radius 1 is 1.18 bits per heavy atom. The Labute approximate surface area is 196 Å². The molecule has 1 aliphatic rings. The molecule has 1 unspecified atom stereocenters. The molecule has 1 atom stereocenters. The summed E-state index contributed by atoms with van der Waals surface area (Å²) >= 11 is 1.43. The molecular formula is C26H25N3O3S. The molecule has 0 saturated carbocycles. The Hall–Kier alpha value is -3.58. The lowest BCUT2D eigenvalue weighted by molar-refractivity contribution is 0.102. The van der Waals surface area contributed by atoms with Crippen LogP contribution in [0.25, 0.3) is 10.2 Å². The summed E-state index contributed by atoms with van der Waals surface area (Å²) in [5.74, 6) is 1.40. The van der Waals surface area contributed by atoms with E-state index in [1.807, 2.05) is 55.5 Å². The second-order valence-electron chi connectivity index (χ2n) is 7.99. The van der Waals surface area contributed by atoms with Gasteiger partial charge in [-0.25, -0.2) is 4.98 Å². The maximum atomic E-state index is 13.1. The molecule has 0 spiro atoms. The van der Waals surface area contributed by atoms with Gasteiger partial charge in [0.05, 0.1) is 28.6 Å². The second kappa shape index (κ2) is 9.11. The van der Waals surface area contributed by atoms with Crippen LogP contribution in [-0.2, 0) is 6.54 Å². The quantitative estimate of drug-likeness (QED) is 0.399. The summed E-state index contributed by atoms with van der Waals surface area (Å²) in [7, 11) is 0. The molecule has 0 bridgehead atoms. The molecule has 0 saturated heterocycles. The molecule has 1 aliphatic heterocycles. The minimum absolute atomic E-state index is 0.194. The number of nitrogens with zero attached hydrogens (tertiary/aromatic N) is 2. The number of benzene rings is 3. The SMILES string of the molecule is CCOc1ccc2nc(NC(=O)c3ccc4c(c3)N(Cc3ccccc3)C(C)CO4)sc2c1. The van der Waals surface area contributed by atoms with Crippen LogP contribution in [0.5, 0.6) is 11.5 Å². The number of carbonyl (C=O) groups excluding carboxylic acids is 1. The van der Waals surface area contributed by atoms with Crippen molar-refractivity contribution in [2.75, 3.05) is 23.4 Å². The van der Waals surface area contributed by atoms with Crippen molar-refractivity contribution >= 4 is 38.3 Å². The molecule has 6 nitrogen and oxygen atoms in total. The number of ether oxygens (including phenoxy) is 2. The molecule has 168 valence electrons. The van der Waals surface area contributed by atoms with Crippen molar-refractivity contribution in [2.24, 2.45) is 0 Å². The van der Waals surface area contributed by atoms with Gasteiger partial charge in [0.15, 0.2) is 5.13 Å². The Bertz CT molecular complexity index is 1290. The van der Waals surface area contributed by atoms with Crippen LogP contribution in [0.1, 0.15) is 29.8 Å². The molecule has 1 N–H and O–H groups in total. The highest BCUT2D eigenvalue weighted by molar-refractivity contribution is 7.22. The topological polar surface area (TPSA) is 63.7 Å². The van der Waals surface area contributed by atoms with Gasteiger partial charge in [0.1, 0.15) is 18.1 Å². The van der Waals surface area contributed by atoms with Gasteiger partial charge in [0, 0.05) is 12.1 Å². The summed E-state index contributed by atoms with van der Waals surface area (Å²) in [6.45, 7) is 6.06. The van der Waals surface area contributed by atoms with E-state index in [4.69, 9.17) is 9.47 Å². The van der Waals surface area contributed by atoms with E-state index in [0.717, 1.165) is 33.9 Å². The van der Waals surface area contributed by atoms with Crippen LogP contribution in [0.2, 0.25) is 0 Å². The molecule has 0 radical (unpaired) electrons. The van der Waals surface area contributed by atoms with Crippen LogP contribution in [0.4, 0.5) is 10.8 Å². The van der Waals surface area contributed by atoms with Crippen LogP contribution in [0, 0.1) is 0 Å². The number of rotatable bonds is 6. The maximum absolute atomic E-state index is 13.1. The van der Waals surface area contributed by atoms with Gasteiger partial charge in [0.25, 0.3) is 5.91 Å². The van der Waals surface area contributed by atoms with Crippen molar-refractivity contribution in [3.63, 3.8) is 0 Å². The molecule has 0 aliphatic carbocycles. The van der Waals surface area contributed by atoms with E-state index in [1.54, 1.807) is 6.07 Å². The highest BCUT2D eigenvalue weighted by Gasteiger charge is 2.26. The zero-order valence-corrected chi connectivity index (χ0v) is 19.4. The van der Waals surface area contributed by atoms with Crippen molar-refractivity contribution in [1.29, 1.82) is 0 Å².